The number of hydrogen-bond acceptors (Lipinski definition) is 3. The molecule has 0 spiro atoms. The van der Waals surface area contributed by atoms with E-state index in [0.29, 0.717) is 13.1 Å². The van der Waals surface area contributed by atoms with Gasteiger partial charge < -0.3 is 10.0 Å². The highest BCUT2D eigenvalue weighted by atomic mass is 32.2. The normalized spacial score (nSPS) is 9.73. The Labute approximate surface area is 94.3 Å². The van der Waals surface area contributed by atoms with Crippen LogP contribution in [0.3, 0.4) is 0 Å². The summed E-state index contributed by atoms with van der Waals surface area (Å²) in [5, 5.41) is 8.41. The molecule has 1 amide bonds. The number of carboxylic acids is 1. The molecule has 1 N–H and O–H groups in total. The number of thioether (sulfide) groups is 1. The summed E-state index contributed by atoms with van der Waals surface area (Å²) in [6.45, 7) is 8.66. The molecule has 0 aliphatic heterocycles. The van der Waals surface area contributed by atoms with E-state index in [1.54, 1.807) is 4.90 Å². The first-order valence-corrected chi connectivity index (χ1v) is 5.84. The fourth-order valence-corrected chi connectivity index (χ4v) is 1.65. The van der Waals surface area contributed by atoms with Gasteiger partial charge in [0.2, 0.25) is 5.91 Å². The van der Waals surface area contributed by atoms with Crippen LogP contribution in [0.4, 0.5) is 0 Å². The molecular formula is C10H17NO3S. The highest BCUT2D eigenvalue weighted by Gasteiger charge is 2.11. The molecule has 0 radical (unpaired) electrons. The molecule has 0 saturated heterocycles. The van der Waals surface area contributed by atoms with Crippen LogP contribution in [0.5, 0.6) is 0 Å². The zero-order valence-corrected chi connectivity index (χ0v) is 9.97. The van der Waals surface area contributed by atoms with E-state index < -0.39 is 5.97 Å². The molecule has 0 rings (SSSR count). The summed E-state index contributed by atoms with van der Waals surface area (Å²) in [5.74, 6) is -0.744. The van der Waals surface area contributed by atoms with Crippen molar-refractivity contribution in [3.8, 4) is 0 Å². The van der Waals surface area contributed by atoms with Gasteiger partial charge in [0.05, 0.1) is 11.5 Å². The topological polar surface area (TPSA) is 57.6 Å². The Morgan fingerprint density at radius 1 is 1.40 bits per heavy atom. The van der Waals surface area contributed by atoms with Gasteiger partial charge in [-0.2, -0.15) is 0 Å². The number of hydrogen-bond donors (Lipinski definition) is 1. The van der Waals surface area contributed by atoms with Crippen LogP contribution in [0.2, 0.25) is 0 Å². The number of rotatable bonds is 7. The Morgan fingerprint density at radius 3 is 2.40 bits per heavy atom. The molecule has 0 aliphatic carbocycles. The molecule has 4 nitrogen and oxygen atoms in total. The molecule has 15 heavy (non-hydrogen) atoms. The van der Waals surface area contributed by atoms with Gasteiger partial charge in [0.15, 0.2) is 0 Å². The Morgan fingerprint density at radius 2 is 2.00 bits per heavy atom. The maximum Gasteiger partial charge on any atom is 0.313 e. The maximum absolute atomic E-state index is 11.6. The van der Waals surface area contributed by atoms with Crippen LogP contribution < -0.4 is 0 Å². The second-order valence-corrected chi connectivity index (χ2v) is 4.24. The van der Waals surface area contributed by atoms with Gasteiger partial charge in [-0.15, -0.1) is 11.8 Å². The van der Waals surface area contributed by atoms with Gasteiger partial charge in [0.25, 0.3) is 0 Å². The van der Waals surface area contributed by atoms with Gasteiger partial charge in [-0.1, -0.05) is 12.2 Å². The predicted molar refractivity (Wildman–Crippen MR) is 62.0 cm³/mol. The van der Waals surface area contributed by atoms with Gasteiger partial charge in [0.1, 0.15) is 0 Å². The van der Waals surface area contributed by atoms with Gasteiger partial charge in [-0.25, -0.2) is 0 Å². The summed E-state index contributed by atoms with van der Waals surface area (Å²) >= 11 is 1.12. The molecule has 0 bridgehead atoms. The average Bonchev–Trinajstić information content (AvgIpc) is 2.13. The Balaban J connectivity index is 3.93. The van der Waals surface area contributed by atoms with Crippen molar-refractivity contribution in [2.24, 2.45) is 0 Å². The smallest absolute Gasteiger partial charge is 0.313 e. The zero-order chi connectivity index (χ0) is 11.8. The summed E-state index contributed by atoms with van der Waals surface area (Å²) in [6, 6.07) is 0. The lowest BCUT2D eigenvalue weighted by Gasteiger charge is -2.20. The van der Waals surface area contributed by atoms with Crippen molar-refractivity contribution in [3.63, 3.8) is 0 Å². The van der Waals surface area contributed by atoms with E-state index in [4.69, 9.17) is 5.11 Å². The average molecular weight is 231 g/mol. The molecule has 0 fully saturated rings. The molecule has 0 saturated carbocycles. The largest absolute Gasteiger partial charge is 0.481 e. The fraction of sp³-hybridized carbons (Fsp3) is 0.600. The summed E-state index contributed by atoms with van der Waals surface area (Å²) in [5.41, 5.74) is 0.924. The highest BCUT2D eigenvalue weighted by Crippen LogP contribution is 2.04. The number of amides is 1. The van der Waals surface area contributed by atoms with Crippen LogP contribution in [0, 0.1) is 0 Å². The zero-order valence-electron chi connectivity index (χ0n) is 9.15. The lowest BCUT2D eigenvalue weighted by atomic mass is 10.3. The van der Waals surface area contributed by atoms with Crippen LogP contribution in [0.25, 0.3) is 0 Å². The van der Waals surface area contributed by atoms with Gasteiger partial charge in [0, 0.05) is 13.1 Å². The monoisotopic (exact) mass is 231 g/mol. The molecule has 0 aliphatic rings. The van der Waals surface area contributed by atoms with Crippen molar-refractivity contribution in [2.75, 3.05) is 24.6 Å². The van der Waals surface area contributed by atoms with Crippen molar-refractivity contribution < 1.29 is 14.7 Å². The molecule has 0 atom stereocenters. The molecule has 86 valence electrons. The number of likely N-dealkylation sites (N-methyl/N-ethyl adjacent to an activating group) is 1. The molecule has 0 aromatic carbocycles. The van der Waals surface area contributed by atoms with Crippen LogP contribution in [-0.2, 0) is 9.59 Å². The number of carbonyl (C=O) groups is 2. The Kier molecular flexibility index (Phi) is 6.86. The first-order valence-electron chi connectivity index (χ1n) is 4.69. The third kappa shape index (κ3) is 7.02. The molecule has 0 unspecified atom stereocenters. The minimum atomic E-state index is -0.893. The maximum atomic E-state index is 11.6. The minimum Gasteiger partial charge on any atom is -0.481 e. The third-order valence-electron chi connectivity index (χ3n) is 1.65. The fourth-order valence-electron chi connectivity index (χ4n) is 1.02. The van der Waals surface area contributed by atoms with E-state index in [0.717, 1.165) is 17.3 Å². The van der Waals surface area contributed by atoms with Gasteiger partial charge in [-0.05, 0) is 13.8 Å². The number of nitrogens with zero attached hydrogens (tertiary/aromatic N) is 1. The van der Waals surface area contributed by atoms with E-state index in [1.165, 1.54) is 0 Å². The van der Waals surface area contributed by atoms with Crippen molar-refractivity contribution in [3.05, 3.63) is 12.2 Å². The van der Waals surface area contributed by atoms with E-state index in [1.807, 2.05) is 13.8 Å². The number of carbonyl (C=O) groups excluding carboxylic acids is 1. The highest BCUT2D eigenvalue weighted by molar-refractivity contribution is 8.00. The van der Waals surface area contributed by atoms with Crippen molar-refractivity contribution >= 4 is 23.6 Å². The van der Waals surface area contributed by atoms with Gasteiger partial charge in [-0.3, -0.25) is 9.59 Å². The number of aliphatic carboxylic acids is 1. The first-order chi connectivity index (χ1) is 6.97. The van der Waals surface area contributed by atoms with Crippen LogP contribution in [-0.4, -0.2) is 46.5 Å². The van der Waals surface area contributed by atoms with Crippen LogP contribution in [0.1, 0.15) is 13.8 Å². The number of carboxylic acid groups (broad SMARTS) is 1. The van der Waals surface area contributed by atoms with E-state index in [-0.39, 0.29) is 17.4 Å². The van der Waals surface area contributed by atoms with Gasteiger partial charge >= 0.3 is 5.97 Å². The standard InChI is InChI=1S/C10H17NO3S/c1-4-11(5-8(2)3)9(12)6-15-7-10(13)14/h2,4-7H2,1,3H3,(H,13,14). The molecule has 0 heterocycles. The predicted octanol–water partition coefficient (Wildman–Crippen LogP) is 1.23. The second kappa shape index (κ2) is 7.34. The first kappa shape index (κ1) is 14.0. The SMILES string of the molecule is C=C(C)CN(CC)C(=O)CSCC(=O)O. The quantitative estimate of drug-likeness (QED) is 0.669. The van der Waals surface area contributed by atoms with E-state index in [2.05, 4.69) is 6.58 Å². The lowest BCUT2D eigenvalue weighted by molar-refractivity contribution is -0.133. The van der Waals surface area contributed by atoms with Crippen LogP contribution >= 0.6 is 11.8 Å². The third-order valence-corrected chi connectivity index (χ3v) is 2.55. The molecule has 0 aromatic heterocycles. The lowest BCUT2D eigenvalue weighted by Crippen LogP contribution is -2.33. The summed E-state index contributed by atoms with van der Waals surface area (Å²) < 4.78 is 0. The summed E-state index contributed by atoms with van der Waals surface area (Å²) in [7, 11) is 0. The molecule has 5 heteroatoms. The van der Waals surface area contributed by atoms with Crippen molar-refractivity contribution in [2.45, 2.75) is 13.8 Å². The second-order valence-electron chi connectivity index (χ2n) is 3.25. The summed E-state index contributed by atoms with van der Waals surface area (Å²) in [6.07, 6.45) is 0. The Bertz CT molecular complexity index is 253. The van der Waals surface area contributed by atoms with E-state index in [9.17, 15) is 9.59 Å². The molecular weight excluding hydrogens is 214 g/mol. The van der Waals surface area contributed by atoms with Crippen molar-refractivity contribution in [1.29, 1.82) is 0 Å². The summed E-state index contributed by atoms with van der Waals surface area (Å²) in [4.78, 5) is 23.5. The minimum absolute atomic E-state index is 0.0314. The van der Waals surface area contributed by atoms with Crippen molar-refractivity contribution in [1.82, 2.24) is 4.90 Å². The Hall–Kier alpha value is -0.970. The van der Waals surface area contributed by atoms with Crippen LogP contribution in [0.15, 0.2) is 12.2 Å². The van der Waals surface area contributed by atoms with E-state index >= 15 is 0 Å². The molecule has 0 aromatic rings.